The topological polar surface area (TPSA) is 94.3 Å². The molecular formula is C16H27N3O3. The highest BCUT2D eigenvalue weighted by atomic mass is 16.6. The lowest BCUT2D eigenvalue weighted by Crippen LogP contribution is -2.27. The first-order valence-electron chi connectivity index (χ1n) is 7.47. The summed E-state index contributed by atoms with van der Waals surface area (Å²) in [5, 5.41) is 2.61. The number of nitrogens with one attached hydrogen (secondary N) is 1. The number of nitrogens with zero attached hydrogens (tertiary/aromatic N) is 1. The number of aromatic nitrogens is 1. The Morgan fingerprint density at radius 1 is 1.36 bits per heavy atom. The number of anilines is 1. The predicted octanol–water partition coefficient (Wildman–Crippen LogP) is 3.43. The van der Waals surface area contributed by atoms with Crippen LogP contribution < -0.4 is 11.1 Å². The number of ether oxygens (including phenoxy) is 1. The number of hydrogen-bond donors (Lipinski definition) is 2. The maximum atomic E-state index is 11.5. The average Bonchev–Trinajstić information content (AvgIpc) is 3.25. The smallest absolute Gasteiger partial charge is 0.413 e. The zero-order chi connectivity index (χ0) is 17.2. The van der Waals surface area contributed by atoms with Gasteiger partial charge in [-0.2, -0.15) is 0 Å². The Kier molecular flexibility index (Phi) is 8.82. The molecule has 1 aromatic rings. The molecule has 2 rings (SSSR count). The molecule has 124 valence electrons. The molecule has 0 saturated heterocycles. The fourth-order valence-electron chi connectivity index (χ4n) is 1.55. The molecule has 1 aliphatic carbocycles. The third kappa shape index (κ3) is 8.94. The van der Waals surface area contributed by atoms with Crippen molar-refractivity contribution in [1.82, 2.24) is 4.98 Å². The van der Waals surface area contributed by atoms with Crippen LogP contribution in [-0.4, -0.2) is 23.1 Å². The summed E-state index contributed by atoms with van der Waals surface area (Å²) in [6.07, 6.45) is 4.11. The molecule has 3 N–H and O–H groups in total. The molecule has 1 aliphatic rings. The summed E-state index contributed by atoms with van der Waals surface area (Å²) in [5.74, 6) is 1.21. The number of hydrogen-bond acceptors (Lipinski definition) is 4. The van der Waals surface area contributed by atoms with E-state index in [-0.39, 0.29) is 6.41 Å². The van der Waals surface area contributed by atoms with Crippen LogP contribution in [0.3, 0.4) is 0 Å². The molecule has 1 aromatic heterocycles. The van der Waals surface area contributed by atoms with E-state index in [4.69, 9.17) is 9.53 Å². The maximum absolute atomic E-state index is 11.5. The van der Waals surface area contributed by atoms with Gasteiger partial charge in [-0.15, -0.1) is 0 Å². The van der Waals surface area contributed by atoms with Gasteiger partial charge in [-0.1, -0.05) is 19.9 Å². The standard InChI is InChI=1S/C13H18N2O2.C2H6.CH3NO/c1-13(2,3)17-12(16)15-11-7-6-10(8-14-11)9-4-5-9;1-2;2-1-3/h6-9H,4-5H2,1-3H3,(H,14,15,16);1-2H3;1H,(H2,2,3). The van der Waals surface area contributed by atoms with Gasteiger partial charge in [0.1, 0.15) is 11.4 Å². The molecule has 22 heavy (non-hydrogen) atoms. The van der Waals surface area contributed by atoms with Crippen LogP contribution in [0.2, 0.25) is 0 Å². The van der Waals surface area contributed by atoms with Crippen molar-refractivity contribution in [1.29, 1.82) is 0 Å². The maximum Gasteiger partial charge on any atom is 0.413 e. The molecule has 0 aliphatic heterocycles. The lowest BCUT2D eigenvalue weighted by atomic mass is 10.2. The van der Waals surface area contributed by atoms with Crippen LogP contribution in [0.4, 0.5) is 10.6 Å². The van der Waals surface area contributed by atoms with Crippen molar-refractivity contribution < 1.29 is 14.3 Å². The first-order valence-corrected chi connectivity index (χ1v) is 7.47. The van der Waals surface area contributed by atoms with E-state index in [1.54, 1.807) is 0 Å². The van der Waals surface area contributed by atoms with Crippen molar-refractivity contribution in [2.75, 3.05) is 5.32 Å². The number of nitrogens with two attached hydrogens (primary N) is 1. The number of carbonyl (C=O) groups is 2. The van der Waals surface area contributed by atoms with Gasteiger partial charge in [0.25, 0.3) is 0 Å². The largest absolute Gasteiger partial charge is 0.444 e. The molecule has 1 saturated carbocycles. The number of pyridine rings is 1. The van der Waals surface area contributed by atoms with Crippen LogP contribution in [0.1, 0.15) is 58.9 Å². The van der Waals surface area contributed by atoms with Crippen molar-refractivity contribution in [2.45, 2.75) is 59.0 Å². The van der Waals surface area contributed by atoms with E-state index in [0.717, 1.165) is 0 Å². The summed E-state index contributed by atoms with van der Waals surface area (Å²) >= 11 is 0. The molecule has 6 nitrogen and oxygen atoms in total. The molecule has 2 amide bonds. The minimum absolute atomic E-state index is 0.250. The third-order valence-electron chi connectivity index (χ3n) is 2.46. The van der Waals surface area contributed by atoms with E-state index in [0.29, 0.717) is 11.7 Å². The Bertz CT molecular complexity index is 449. The highest BCUT2D eigenvalue weighted by Gasteiger charge is 2.23. The predicted molar refractivity (Wildman–Crippen MR) is 87.7 cm³/mol. The van der Waals surface area contributed by atoms with E-state index in [2.05, 4.69) is 16.0 Å². The monoisotopic (exact) mass is 309 g/mol. The molecule has 0 bridgehead atoms. The number of primary amides is 1. The summed E-state index contributed by atoms with van der Waals surface area (Å²) < 4.78 is 5.14. The highest BCUT2D eigenvalue weighted by molar-refractivity contribution is 5.83. The molecule has 0 radical (unpaired) electrons. The Hall–Kier alpha value is -2.11. The second kappa shape index (κ2) is 9.76. The minimum Gasteiger partial charge on any atom is -0.444 e. The lowest BCUT2D eigenvalue weighted by Gasteiger charge is -2.19. The second-order valence-corrected chi connectivity index (χ2v) is 5.51. The van der Waals surface area contributed by atoms with Crippen LogP contribution in [-0.2, 0) is 9.53 Å². The summed E-state index contributed by atoms with van der Waals surface area (Å²) in [6, 6.07) is 3.83. The quantitative estimate of drug-likeness (QED) is 0.818. The molecule has 1 fully saturated rings. The van der Waals surface area contributed by atoms with Crippen molar-refractivity contribution in [3.05, 3.63) is 23.9 Å². The Morgan fingerprint density at radius 3 is 2.27 bits per heavy atom. The minimum atomic E-state index is -0.488. The Balaban J connectivity index is 0.000000789. The first-order chi connectivity index (χ1) is 10.4. The van der Waals surface area contributed by atoms with Gasteiger partial charge in [0, 0.05) is 6.20 Å². The van der Waals surface area contributed by atoms with Crippen LogP contribution in [0.15, 0.2) is 18.3 Å². The van der Waals surface area contributed by atoms with Crippen molar-refractivity contribution in [3.63, 3.8) is 0 Å². The van der Waals surface area contributed by atoms with Gasteiger partial charge in [-0.25, -0.2) is 9.78 Å². The van der Waals surface area contributed by atoms with Crippen LogP contribution in [0.5, 0.6) is 0 Å². The zero-order valence-corrected chi connectivity index (χ0v) is 14.1. The molecular weight excluding hydrogens is 282 g/mol. The Labute approximate surface area is 132 Å². The van der Waals surface area contributed by atoms with Crippen LogP contribution in [0.25, 0.3) is 0 Å². The van der Waals surface area contributed by atoms with Crippen LogP contribution in [0, 0.1) is 0 Å². The summed E-state index contributed by atoms with van der Waals surface area (Å²) in [5.41, 5.74) is 4.93. The highest BCUT2D eigenvalue weighted by Crippen LogP contribution is 2.39. The lowest BCUT2D eigenvalue weighted by molar-refractivity contribution is -0.106. The SMILES string of the molecule is CC.CC(C)(C)OC(=O)Nc1ccc(C2CC2)cn1.NC=O. The van der Waals surface area contributed by atoms with Gasteiger partial charge >= 0.3 is 6.09 Å². The van der Waals surface area contributed by atoms with Crippen molar-refractivity contribution in [3.8, 4) is 0 Å². The van der Waals surface area contributed by atoms with Crippen molar-refractivity contribution >= 4 is 18.3 Å². The molecule has 0 spiro atoms. The normalized spacial score (nSPS) is 12.8. The number of carbonyl (C=O) groups excluding carboxylic acids is 2. The molecule has 1 heterocycles. The Morgan fingerprint density at radius 2 is 1.91 bits per heavy atom. The second-order valence-electron chi connectivity index (χ2n) is 5.51. The first kappa shape index (κ1) is 19.9. The van der Waals surface area contributed by atoms with Gasteiger partial charge in [0.05, 0.1) is 0 Å². The van der Waals surface area contributed by atoms with Gasteiger partial charge < -0.3 is 10.5 Å². The van der Waals surface area contributed by atoms with Gasteiger partial charge in [0.2, 0.25) is 6.41 Å². The molecule has 6 heteroatoms. The van der Waals surface area contributed by atoms with Gasteiger partial charge in [0.15, 0.2) is 0 Å². The summed E-state index contributed by atoms with van der Waals surface area (Å²) in [6.45, 7) is 9.49. The average molecular weight is 309 g/mol. The third-order valence-corrected chi connectivity index (χ3v) is 2.46. The fourth-order valence-corrected chi connectivity index (χ4v) is 1.55. The molecule has 0 aromatic carbocycles. The van der Waals surface area contributed by atoms with E-state index in [1.807, 2.05) is 52.9 Å². The van der Waals surface area contributed by atoms with E-state index < -0.39 is 11.7 Å². The van der Waals surface area contributed by atoms with E-state index >= 15 is 0 Å². The van der Waals surface area contributed by atoms with Crippen LogP contribution >= 0.6 is 0 Å². The zero-order valence-electron chi connectivity index (χ0n) is 14.1. The van der Waals surface area contributed by atoms with Gasteiger partial charge in [-0.05, 0) is 51.2 Å². The van der Waals surface area contributed by atoms with Crippen molar-refractivity contribution in [2.24, 2.45) is 5.73 Å². The summed E-state index contributed by atoms with van der Waals surface area (Å²) in [4.78, 5) is 24.3. The van der Waals surface area contributed by atoms with E-state index in [1.165, 1.54) is 18.4 Å². The molecule has 0 unspecified atom stereocenters. The van der Waals surface area contributed by atoms with E-state index in [9.17, 15) is 4.79 Å². The number of amides is 2. The summed E-state index contributed by atoms with van der Waals surface area (Å²) in [7, 11) is 0. The molecule has 0 atom stereocenters. The number of rotatable bonds is 2. The fraction of sp³-hybridized carbons (Fsp3) is 0.562. The van der Waals surface area contributed by atoms with Gasteiger partial charge in [-0.3, -0.25) is 10.1 Å².